The average Bonchev–Trinajstić information content (AvgIpc) is 2.66. The van der Waals surface area contributed by atoms with Crippen molar-refractivity contribution in [3.8, 4) is 11.1 Å². The topological polar surface area (TPSA) is 46.5 Å². The normalized spacial score (nSPS) is 16.1. The lowest BCUT2D eigenvalue weighted by Crippen LogP contribution is -2.05. The van der Waals surface area contributed by atoms with Crippen LogP contribution in [-0.4, -0.2) is 11.1 Å². The summed E-state index contributed by atoms with van der Waals surface area (Å²) in [6, 6.07) is 14.9. The van der Waals surface area contributed by atoms with Gasteiger partial charge in [-0.3, -0.25) is 4.79 Å². The van der Waals surface area contributed by atoms with E-state index in [4.69, 9.17) is 9.84 Å². The minimum Gasteiger partial charge on any atom is -0.489 e. The lowest BCUT2D eigenvalue weighted by molar-refractivity contribution is -0.137. The van der Waals surface area contributed by atoms with Crippen molar-refractivity contribution < 1.29 is 14.6 Å². The van der Waals surface area contributed by atoms with Crippen LogP contribution in [0.4, 0.5) is 0 Å². The molecule has 1 aliphatic rings. The van der Waals surface area contributed by atoms with E-state index in [1.54, 1.807) is 0 Å². The molecule has 0 saturated carbocycles. The van der Waals surface area contributed by atoms with Gasteiger partial charge in [0.15, 0.2) is 0 Å². The largest absolute Gasteiger partial charge is 0.489 e. The average molecular weight is 362 g/mol. The predicted octanol–water partition coefficient (Wildman–Crippen LogP) is 5.81. The summed E-state index contributed by atoms with van der Waals surface area (Å²) in [7, 11) is 0. The minimum atomic E-state index is -0.738. The van der Waals surface area contributed by atoms with Gasteiger partial charge in [0, 0.05) is 6.42 Å². The molecule has 0 heterocycles. The lowest BCUT2D eigenvalue weighted by atomic mass is 9.94. The van der Waals surface area contributed by atoms with Crippen LogP contribution >= 0.6 is 0 Å². The third-order valence-corrected chi connectivity index (χ3v) is 4.99. The molecule has 3 heteroatoms. The first-order valence-corrected chi connectivity index (χ1v) is 9.41. The Kier molecular flexibility index (Phi) is 6.12. The maximum absolute atomic E-state index is 10.7. The zero-order chi connectivity index (χ0) is 19.2. The van der Waals surface area contributed by atoms with Crippen LogP contribution < -0.4 is 0 Å². The van der Waals surface area contributed by atoms with E-state index in [9.17, 15) is 4.79 Å². The molecular weight excluding hydrogens is 336 g/mol. The molecule has 0 spiro atoms. The van der Waals surface area contributed by atoms with E-state index in [0.717, 1.165) is 17.7 Å². The summed E-state index contributed by atoms with van der Waals surface area (Å²) in [6.07, 6.45) is 7.80. The van der Waals surface area contributed by atoms with E-state index in [2.05, 4.69) is 68.5 Å². The van der Waals surface area contributed by atoms with E-state index < -0.39 is 5.97 Å². The number of carbonyl (C=O) groups is 1. The van der Waals surface area contributed by atoms with Crippen LogP contribution in [0.2, 0.25) is 0 Å². The molecule has 1 aliphatic carbocycles. The maximum atomic E-state index is 10.7. The van der Waals surface area contributed by atoms with Crippen molar-refractivity contribution in [1.29, 1.82) is 0 Å². The molecule has 0 saturated heterocycles. The molecule has 27 heavy (non-hydrogen) atoms. The first-order valence-electron chi connectivity index (χ1n) is 9.41. The summed E-state index contributed by atoms with van der Waals surface area (Å²) in [4.78, 5) is 10.7. The van der Waals surface area contributed by atoms with Crippen molar-refractivity contribution in [1.82, 2.24) is 0 Å². The highest BCUT2D eigenvalue weighted by Gasteiger charge is 2.12. The number of hydrogen-bond donors (Lipinski definition) is 1. The van der Waals surface area contributed by atoms with E-state index >= 15 is 0 Å². The second kappa shape index (κ2) is 8.72. The molecule has 0 radical (unpaired) electrons. The molecule has 0 amide bonds. The Morgan fingerprint density at radius 2 is 1.89 bits per heavy atom. The number of rotatable bonds is 7. The van der Waals surface area contributed by atoms with Gasteiger partial charge in [-0.1, -0.05) is 42.5 Å². The first-order chi connectivity index (χ1) is 13.0. The molecule has 1 N–H and O–H groups in total. The van der Waals surface area contributed by atoms with E-state index in [1.165, 1.54) is 22.3 Å². The molecule has 2 aromatic rings. The van der Waals surface area contributed by atoms with Gasteiger partial charge < -0.3 is 9.84 Å². The van der Waals surface area contributed by atoms with Crippen molar-refractivity contribution in [2.24, 2.45) is 5.92 Å². The Morgan fingerprint density at radius 3 is 2.56 bits per heavy atom. The molecule has 3 nitrogen and oxygen atoms in total. The van der Waals surface area contributed by atoms with Crippen molar-refractivity contribution in [3.63, 3.8) is 0 Å². The Morgan fingerprint density at radius 1 is 1.15 bits per heavy atom. The van der Waals surface area contributed by atoms with Crippen LogP contribution in [0.15, 0.2) is 66.5 Å². The third-order valence-electron chi connectivity index (χ3n) is 4.99. The summed E-state index contributed by atoms with van der Waals surface area (Å²) in [5.41, 5.74) is 6.19. The monoisotopic (exact) mass is 362 g/mol. The van der Waals surface area contributed by atoms with Crippen LogP contribution in [-0.2, 0) is 16.1 Å². The maximum Gasteiger partial charge on any atom is 0.303 e. The number of benzene rings is 2. The second-order valence-electron chi connectivity index (χ2n) is 7.15. The van der Waals surface area contributed by atoms with Gasteiger partial charge in [-0.2, -0.15) is 0 Å². The summed E-state index contributed by atoms with van der Waals surface area (Å²) < 4.78 is 5.95. The summed E-state index contributed by atoms with van der Waals surface area (Å²) in [5, 5.41) is 8.78. The molecule has 0 bridgehead atoms. The Bertz CT molecular complexity index is 857. The smallest absolute Gasteiger partial charge is 0.303 e. The van der Waals surface area contributed by atoms with Crippen molar-refractivity contribution in [2.75, 3.05) is 0 Å². The predicted molar refractivity (Wildman–Crippen MR) is 108 cm³/mol. The fourth-order valence-corrected chi connectivity index (χ4v) is 3.53. The quantitative estimate of drug-likeness (QED) is 0.676. The fourth-order valence-electron chi connectivity index (χ4n) is 3.53. The number of hydrogen-bond acceptors (Lipinski definition) is 2. The van der Waals surface area contributed by atoms with Crippen LogP contribution in [0.5, 0.6) is 0 Å². The van der Waals surface area contributed by atoms with Crippen molar-refractivity contribution >= 4 is 5.97 Å². The van der Waals surface area contributed by atoms with Crippen LogP contribution in [0.1, 0.15) is 36.0 Å². The minimum absolute atomic E-state index is 0.212. The van der Waals surface area contributed by atoms with E-state index in [-0.39, 0.29) is 6.42 Å². The molecule has 0 aromatic heterocycles. The van der Waals surface area contributed by atoms with Gasteiger partial charge in [0.05, 0.1) is 0 Å². The molecule has 140 valence electrons. The molecule has 1 unspecified atom stereocenters. The fraction of sp³-hybridized carbons (Fsp3) is 0.292. The molecule has 1 atom stereocenters. The molecule has 3 rings (SSSR count). The summed E-state index contributed by atoms with van der Waals surface area (Å²) >= 11 is 0. The van der Waals surface area contributed by atoms with Crippen LogP contribution in [0.3, 0.4) is 0 Å². The zero-order valence-electron chi connectivity index (χ0n) is 15.9. The first kappa shape index (κ1) is 19.0. The van der Waals surface area contributed by atoms with Gasteiger partial charge in [0.1, 0.15) is 12.4 Å². The standard InChI is InChI=1S/C24H26O3/c1-17-5-3-6-18(2)24(17)21-8-4-7-20(15-21)16-27-22-12-9-19(10-13-22)11-14-23(25)26/h3-9,12-13,15,19H,10-11,14,16H2,1-2H3,(H,25,26). The van der Waals surface area contributed by atoms with Gasteiger partial charge in [-0.15, -0.1) is 0 Å². The number of allylic oxidation sites excluding steroid dienone is 3. The molecule has 0 fully saturated rings. The highest BCUT2D eigenvalue weighted by molar-refractivity contribution is 5.71. The van der Waals surface area contributed by atoms with Gasteiger partial charge >= 0.3 is 5.97 Å². The SMILES string of the molecule is Cc1cccc(C)c1-c1cccc(COC2=CCC(CCC(=O)O)C=C2)c1. The van der Waals surface area contributed by atoms with E-state index in [0.29, 0.717) is 18.9 Å². The number of carboxylic acids is 1. The number of aliphatic carboxylic acids is 1. The number of aryl methyl sites for hydroxylation is 2. The Hall–Kier alpha value is -2.81. The van der Waals surface area contributed by atoms with Gasteiger partial charge in [-0.05, 0) is 78.6 Å². The van der Waals surface area contributed by atoms with Gasteiger partial charge in [0.25, 0.3) is 0 Å². The summed E-state index contributed by atoms with van der Waals surface area (Å²) in [6.45, 7) is 4.81. The Labute approximate surface area is 161 Å². The molecular formula is C24H26O3. The number of carboxylic acid groups (broad SMARTS) is 1. The second-order valence-corrected chi connectivity index (χ2v) is 7.15. The zero-order valence-corrected chi connectivity index (χ0v) is 15.9. The van der Waals surface area contributed by atoms with E-state index in [1.807, 2.05) is 6.08 Å². The number of ether oxygens (including phenoxy) is 1. The lowest BCUT2D eigenvalue weighted by Gasteiger charge is -2.16. The van der Waals surface area contributed by atoms with Crippen molar-refractivity contribution in [2.45, 2.75) is 39.7 Å². The Balaban J connectivity index is 1.62. The third kappa shape index (κ3) is 5.10. The highest BCUT2D eigenvalue weighted by atomic mass is 16.5. The van der Waals surface area contributed by atoms with Gasteiger partial charge in [-0.25, -0.2) is 0 Å². The van der Waals surface area contributed by atoms with Crippen LogP contribution in [0, 0.1) is 19.8 Å². The van der Waals surface area contributed by atoms with Gasteiger partial charge in [0.2, 0.25) is 0 Å². The van der Waals surface area contributed by atoms with Crippen LogP contribution in [0.25, 0.3) is 11.1 Å². The summed E-state index contributed by atoms with van der Waals surface area (Å²) in [5.74, 6) is 0.415. The molecule has 2 aromatic carbocycles. The molecule has 0 aliphatic heterocycles. The van der Waals surface area contributed by atoms with Crippen molar-refractivity contribution in [3.05, 3.63) is 83.1 Å². The highest BCUT2D eigenvalue weighted by Crippen LogP contribution is 2.28.